The number of likely N-dealkylation sites (N-methyl/N-ethyl adjacent to an activating group) is 1. The summed E-state index contributed by atoms with van der Waals surface area (Å²) in [4.78, 5) is 38.4. The molecule has 12 heteroatoms. The Morgan fingerprint density at radius 1 is 1.10 bits per heavy atom. The van der Waals surface area contributed by atoms with Gasteiger partial charge in [-0.2, -0.15) is 5.10 Å². The Kier molecular flexibility index (Phi) is 7.13. The number of nitrogens with one attached hydrogen (secondary N) is 2. The molecule has 2 aliphatic rings. The van der Waals surface area contributed by atoms with Crippen molar-refractivity contribution >= 4 is 34.0 Å². The predicted molar refractivity (Wildman–Crippen MR) is 152 cm³/mol. The molecule has 0 spiro atoms. The molecule has 2 amide bonds. The Hall–Kier alpha value is -4.00. The van der Waals surface area contributed by atoms with Gasteiger partial charge in [0.1, 0.15) is 5.69 Å². The van der Waals surface area contributed by atoms with Crippen LogP contribution in [0.25, 0.3) is 27.5 Å². The number of pyridine rings is 1. The molecule has 0 unspecified atom stereocenters. The van der Waals surface area contributed by atoms with E-state index in [0.717, 1.165) is 59.3 Å². The Morgan fingerprint density at radius 3 is 2.65 bits per heavy atom. The highest BCUT2D eigenvalue weighted by atomic mass is 32.1. The first-order valence-electron chi connectivity index (χ1n) is 13.2. The number of piperazine rings is 1. The smallest absolute Gasteiger partial charge is 0.238 e. The summed E-state index contributed by atoms with van der Waals surface area (Å²) in [6, 6.07) is 8.42. The number of thiazole rings is 1. The van der Waals surface area contributed by atoms with Crippen LogP contribution in [0.1, 0.15) is 18.2 Å². The third kappa shape index (κ3) is 5.25. The second-order valence-corrected chi connectivity index (χ2v) is 11.1. The van der Waals surface area contributed by atoms with Gasteiger partial charge in [0, 0.05) is 62.3 Å². The van der Waals surface area contributed by atoms with Gasteiger partial charge in [0.15, 0.2) is 10.9 Å². The highest BCUT2D eigenvalue weighted by Crippen LogP contribution is 2.44. The molecule has 4 aromatic rings. The lowest BCUT2D eigenvalue weighted by molar-refractivity contribution is -0.117. The van der Waals surface area contributed by atoms with Crippen LogP contribution >= 0.6 is 11.3 Å². The van der Waals surface area contributed by atoms with Crippen LogP contribution in [0, 0.1) is 5.82 Å². The average molecular weight is 561 g/mol. The van der Waals surface area contributed by atoms with Crippen LogP contribution in [-0.2, 0) is 22.4 Å². The van der Waals surface area contributed by atoms with E-state index in [4.69, 9.17) is 5.10 Å². The average Bonchev–Trinajstić information content (AvgIpc) is 3.51. The number of halogens is 1. The highest BCUT2D eigenvalue weighted by Gasteiger charge is 2.31. The topological polar surface area (TPSA) is 108 Å². The van der Waals surface area contributed by atoms with Gasteiger partial charge in [0.25, 0.3) is 0 Å². The van der Waals surface area contributed by atoms with Crippen molar-refractivity contribution in [2.24, 2.45) is 0 Å². The minimum absolute atomic E-state index is 0.174. The summed E-state index contributed by atoms with van der Waals surface area (Å²) in [6.07, 6.45) is 4.79. The number of aromatic nitrogens is 4. The van der Waals surface area contributed by atoms with Crippen molar-refractivity contribution in [1.82, 2.24) is 29.5 Å². The minimum atomic E-state index is -0.515. The molecule has 40 heavy (non-hydrogen) atoms. The Labute approximate surface area is 234 Å². The molecule has 1 aliphatic heterocycles. The SMILES string of the molecule is CC(=O)Nc1nc2c(s1)-c1c(c(-c3cccnc3)nn1-c1ccc(NC(=O)CN3CCN(C)CC3)cc1F)CC2. The first kappa shape index (κ1) is 26.2. The van der Waals surface area contributed by atoms with Crippen molar-refractivity contribution in [1.29, 1.82) is 0 Å². The van der Waals surface area contributed by atoms with E-state index in [9.17, 15) is 9.59 Å². The maximum atomic E-state index is 15.7. The molecule has 0 radical (unpaired) electrons. The van der Waals surface area contributed by atoms with Crippen LogP contribution in [0.4, 0.5) is 15.2 Å². The van der Waals surface area contributed by atoms with E-state index < -0.39 is 5.82 Å². The fourth-order valence-electron chi connectivity index (χ4n) is 5.15. The number of amides is 2. The summed E-state index contributed by atoms with van der Waals surface area (Å²) in [5, 5.41) is 11.0. The molecule has 6 rings (SSSR count). The van der Waals surface area contributed by atoms with E-state index in [2.05, 4.69) is 37.4 Å². The van der Waals surface area contributed by atoms with Gasteiger partial charge in [-0.05, 0) is 50.2 Å². The van der Waals surface area contributed by atoms with Crippen molar-refractivity contribution in [3.8, 4) is 27.5 Å². The molecule has 0 bridgehead atoms. The zero-order valence-corrected chi connectivity index (χ0v) is 23.1. The standard InChI is InChI=1S/C28H29FN8O2S/c1-17(38)31-28-33-22-7-6-20-25(18-4-3-9-30-15-18)34-37(26(20)27(22)40-28)23-8-5-19(14-21(23)29)32-24(39)16-36-12-10-35(2)11-13-36/h3-5,8-9,14-15H,6-7,10-13,16H2,1-2H3,(H,32,39)(H,31,33,38). The fourth-order valence-corrected chi connectivity index (χ4v) is 6.26. The van der Waals surface area contributed by atoms with Crippen molar-refractivity contribution in [2.75, 3.05) is 50.4 Å². The van der Waals surface area contributed by atoms with Gasteiger partial charge < -0.3 is 15.5 Å². The zero-order valence-electron chi connectivity index (χ0n) is 22.3. The zero-order chi connectivity index (χ0) is 27.8. The Balaban J connectivity index is 1.34. The quantitative estimate of drug-likeness (QED) is 0.372. The number of rotatable bonds is 6. The summed E-state index contributed by atoms with van der Waals surface area (Å²) in [5.41, 5.74) is 4.77. The molecule has 2 N–H and O–H groups in total. The van der Waals surface area contributed by atoms with E-state index in [-0.39, 0.29) is 24.0 Å². The third-order valence-corrected chi connectivity index (χ3v) is 8.17. The number of nitrogens with zero attached hydrogens (tertiary/aromatic N) is 6. The predicted octanol–water partition coefficient (Wildman–Crippen LogP) is 3.44. The number of hydrogen-bond donors (Lipinski definition) is 2. The molecule has 0 atom stereocenters. The van der Waals surface area contributed by atoms with Gasteiger partial charge in [-0.15, -0.1) is 0 Å². The number of carbonyl (C=O) groups excluding carboxylic acids is 2. The van der Waals surface area contributed by atoms with Crippen LogP contribution in [0.15, 0.2) is 42.7 Å². The van der Waals surface area contributed by atoms with E-state index in [1.54, 1.807) is 29.2 Å². The largest absolute Gasteiger partial charge is 0.325 e. The second kappa shape index (κ2) is 10.9. The first-order valence-corrected chi connectivity index (χ1v) is 14.0. The van der Waals surface area contributed by atoms with Gasteiger partial charge >= 0.3 is 0 Å². The lowest BCUT2D eigenvalue weighted by Crippen LogP contribution is -2.47. The molecule has 1 aliphatic carbocycles. The first-order chi connectivity index (χ1) is 19.4. The molecule has 10 nitrogen and oxygen atoms in total. The van der Waals surface area contributed by atoms with Crippen LogP contribution in [-0.4, -0.2) is 81.1 Å². The van der Waals surface area contributed by atoms with E-state index in [0.29, 0.717) is 23.7 Å². The van der Waals surface area contributed by atoms with Gasteiger partial charge in [-0.1, -0.05) is 11.3 Å². The fraction of sp³-hybridized carbons (Fsp3) is 0.321. The number of aryl methyl sites for hydroxylation is 1. The summed E-state index contributed by atoms with van der Waals surface area (Å²) in [7, 11) is 2.07. The molecule has 1 saturated heterocycles. The maximum Gasteiger partial charge on any atom is 0.238 e. The molecule has 206 valence electrons. The molecular formula is C28H29FN8O2S. The van der Waals surface area contributed by atoms with Crippen LogP contribution in [0.3, 0.4) is 0 Å². The summed E-state index contributed by atoms with van der Waals surface area (Å²) < 4.78 is 17.3. The second-order valence-electron chi connectivity index (χ2n) is 10.1. The van der Waals surface area contributed by atoms with Crippen LogP contribution < -0.4 is 10.6 Å². The molecule has 4 heterocycles. The Morgan fingerprint density at radius 2 is 1.93 bits per heavy atom. The lowest BCUT2D eigenvalue weighted by atomic mass is 9.95. The lowest BCUT2D eigenvalue weighted by Gasteiger charge is -2.31. The van der Waals surface area contributed by atoms with Gasteiger partial charge in [0.2, 0.25) is 11.8 Å². The monoisotopic (exact) mass is 560 g/mol. The molecule has 3 aromatic heterocycles. The highest BCUT2D eigenvalue weighted by molar-refractivity contribution is 7.19. The van der Waals surface area contributed by atoms with Crippen molar-refractivity contribution in [3.05, 3.63) is 59.8 Å². The van der Waals surface area contributed by atoms with Gasteiger partial charge in [-0.3, -0.25) is 19.5 Å². The van der Waals surface area contributed by atoms with Crippen molar-refractivity contribution < 1.29 is 14.0 Å². The molecule has 0 saturated carbocycles. The normalized spacial score (nSPS) is 15.4. The summed E-state index contributed by atoms with van der Waals surface area (Å²) >= 11 is 1.35. The van der Waals surface area contributed by atoms with Crippen molar-refractivity contribution in [3.63, 3.8) is 0 Å². The maximum absolute atomic E-state index is 15.7. The molecule has 1 fully saturated rings. The third-order valence-electron chi connectivity index (χ3n) is 7.15. The number of anilines is 2. The van der Waals surface area contributed by atoms with Gasteiger partial charge in [-0.25, -0.2) is 14.1 Å². The van der Waals surface area contributed by atoms with Crippen molar-refractivity contribution in [2.45, 2.75) is 19.8 Å². The van der Waals surface area contributed by atoms with E-state index in [1.165, 1.54) is 24.3 Å². The number of benzene rings is 1. The van der Waals surface area contributed by atoms with E-state index in [1.807, 2.05) is 12.1 Å². The summed E-state index contributed by atoms with van der Waals surface area (Å²) in [5.74, 6) is -0.891. The summed E-state index contributed by atoms with van der Waals surface area (Å²) in [6.45, 7) is 5.19. The number of hydrogen-bond acceptors (Lipinski definition) is 8. The Bertz CT molecular complexity index is 1580. The van der Waals surface area contributed by atoms with Crippen LogP contribution in [0.2, 0.25) is 0 Å². The van der Waals surface area contributed by atoms with Gasteiger partial charge in [0.05, 0.1) is 28.5 Å². The number of carbonyl (C=O) groups is 2. The molecular weight excluding hydrogens is 531 g/mol. The minimum Gasteiger partial charge on any atom is -0.325 e. The van der Waals surface area contributed by atoms with E-state index >= 15 is 4.39 Å². The molecule has 1 aromatic carbocycles. The number of fused-ring (bicyclic) bond motifs is 3. The van der Waals surface area contributed by atoms with Crippen LogP contribution in [0.5, 0.6) is 0 Å².